The van der Waals surface area contributed by atoms with E-state index in [4.69, 9.17) is 15.2 Å². The lowest BCUT2D eigenvalue weighted by atomic mass is 10.2. The van der Waals surface area contributed by atoms with E-state index in [0.717, 1.165) is 5.56 Å². The summed E-state index contributed by atoms with van der Waals surface area (Å²) in [7, 11) is 1.54. The first-order valence-corrected chi connectivity index (χ1v) is 7.66. The molecule has 2 aromatic carbocycles. The first-order valence-electron chi connectivity index (χ1n) is 7.66. The molecule has 2 amide bonds. The van der Waals surface area contributed by atoms with Crippen LogP contribution < -0.4 is 20.5 Å². The maximum Gasteiger partial charge on any atom is 0.262 e. The number of nitrogens with one attached hydrogen (secondary N) is 1. The molecule has 0 saturated carbocycles. The molecular weight excluding hydrogens is 320 g/mol. The highest BCUT2D eigenvalue weighted by Gasteiger charge is 2.09. The van der Waals surface area contributed by atoms with Gasteiger partial charge in [0.2, 0.25) is 5.91 Å². The van der Waals surface area contributed by atoms with Crippen LogP contribution in [0.5, 0.6) is 11.5 Å². The standard InChI is InChI=1S/C19H20N2O4/c1-3-5-13-8-9-16(17(10-13)24-2)25-12-18(22)21-15-7-4-6-14(11-15)19(20)23/h3-11H,12H2,1-2H3,(H2,20,23)(H,21,22)/b5-3+. The first kappa shape index (κ1) is 18.1. The summed E-state index contributed by atoms with van der Waals surface area (Å²) in [6.07, 6.45) is 3.85. The van der Waals surface area contributed by atoms with Gasteiger partial charge < -0.3 is 20.5 Å². The lowest BCUT2D eigenvalue weighted by Crippen LogP contribution is -2.20. The van der Waals surface area contributed by atoms with Crippen molar-refractivity contribution in [2.45, 2.75) is 6.92 Å². The molecule has 0 unspecified atom stereocenters. The smallest absolute Gasteiger partial charge is 0.262 e. The van der Waals surface area contributed by atoms with E-state index in [0.29, 0.717) is 22.7 Å². The predicted molar refractivity (Wildman–Crippen MR) is 96.8 cm³/mol. The number of primary amides is 1. The Morgan fingerprint density at radius 1 is 1.16 bits per heavy atom. The molecule has 2 aromatic rings. The Bertz CT molecular complexity index is 800. The number of hydrogen-bond acceptors (Lipinski definition) is 4. The average Bonchev–Trinajstić information content (AvgIpc) is 2.61. The molecule has 0 atom stereocenters. The summed E-state index contributed by atoms with van der Waals surface area (Å²) >= 11 is 0. The van der Waals surface area contributed by atoms with Gasteiger partial charge in [-0.25, -0.2) is 0 Å². The Labute approximate surface area is 146 Å². The zero-order valence-corrected chi connectivity index (χ0v) is 14.1. The quantitative estimate of drug-likeness (QED) is 0.811. The van der Waals surface area contributed by atoms with Crippen LogP contribution in [0.1, 0.15) is 22.8 Å². The van der Waals surface area contributed by atoms with Crippen molar-refractivity contribution in [1.29, 1.82) is 0 Å². The van der Waals surface area contributed by atoms with Gasteiger partial charge in [-0.1, -0.05) is 24.3 Å². The largest absolute Gasteiger partial charge is 0.493 e. The Balaban J connectivity index is 2.00. The van der Waals surface area contributed by atoms with Gasteiger partial charge in [0.15, 0.2) is 18.1 Å². The molecule has 0 heterocycles. The van der Waals surface area contributed by atoms with Crippen molar-refractivity contribution in [2.75, 3.05) is 19.0 Å². The summed E-state index contributed by atoms with van der Waals surface area (Å²) in [4.78, 5) is 23.2. The van der Waals surface area contributed by atoms with E-state index in [-0.39, 0.29) is 12.5 Å². The third kappa shape index (κ3) is 5.10. The normalized spacial score (nSPS) is 10.5. The van der Waals surface area contributed by atoms with Crippen LogP contribution in [-0.2, 0) is 4.79 Å². The molecule has 0 aliphatic rings. The van der Waals surface area contributed by atoms with Crippen LogP contribution in [0, 0.1) is 0 Å². The van der Waals surface area contributed by atoms with E-state index in [1.807, 2.05) is 31.2 Å². The van der Waals surface area contributed by atoms with Gasteiger partial charge in [-0.3, -0.25) is 9.59 Å². The minimum absolute atomic E-state index is 0.194. The van der Waals surface area contributed by atoms with E-state index in [1.54, 1.807) is 24.3 Å². The van der Waals surface area contributed by atoms with E-state index in [1.165, 1.54) is 13.2 Å². The fourth-order valence-electron chi connectivity index (χ4n) is 2.19. The lowest BCUT2D eigenvalue weighted by Gasteiger charge is -2.12. The zero-order chi connectivity index (χ0) is 18.2. The van der Waals surface area contributed by atoms with Crippen LogP contribution in [-0.4, -0.2) is 25.5 Å². The molecular formula is C19H20N2O4. The van der Waals surface area contributed by atoms with Crippen LogP contribution in [0.25, 0.3) is 6.08 Å². The van der Waals surface area contributed by atoms with Crippen LogP contribution in [0.2, 0.25) is 0 Å². The molecule has 0 aliphatic carbocycles. The summed E-state index contributed by atoms with van der Waals surface area (Å²) in [5.74, 6) is 0.0930. The van der Waals surface area contributed by atoms with Crippen molar-refractivity contribution in [1.82, 2.24) is 0 Å². The van der Waals surface area contributed by atoms with Crippen LogP contribution in [0.4, 0.5) is 5.69 Å². The monoisotopic (exact) mass is 340 g/mol. The number of benzene rings is 2. The fourth-order valence-corrected chi connectivity index (χ4v) is 2.19. The van der Waals surface area contributed by atoms with Gasteiger partial charge in [0.25, 0.3) is 5.91 Å². The second-order valence-electron chi connectivity index (χ2n) is 5.19. The molecule has 6 heteroatoms. The zero-order valence-electron chi connectivity index (χ0n) is 14.1. The van der Waals surface area contributed by atoms with E-state index < -0.39 is 5.91 Å². The van der Waals surface area contributed by atoms with Crippen LogP contribution >= 0.6 is 0 Å². The van der Waals surface area contributed by atoms with Gasteiger partial charge in [0.1, 0.15) is 0 Å². The molecule has 0 spiro atoms. The SMILES string of the molecule is C/C=C/c1ccc(OCC(=O)Nc2cccc(C(N)=O)c2)c(OC)c1. The van der Waals surface area contributed by atoms with E-state index in [9.17, 15) is 9.59 Å². The number of ether oxygens (including phenoxy) is 2. The molecule has 0 radical (unpaired) electrons. The van der Waals surface area contributed by atoms with Gasteiger partial charge in [-0.15, -0.1) is 0 Å². The number of carbonyl (C=O) groups is 2. The summed E-state index contributed by atoms with van der Waals surface area (Å²) < 4.78 is 10.8. The molecule has 0 aliphatic heterocycles. The van der Waals surface area contributed by atoms with Crippen molar-refractivity contribution in [3.05, 3.63) is 59.7 Å². The van der Waals surface area contributed by atoms with Crippen molar-refractivity contribution < 1.29 is 19.1 Å². The highest BCUT2D eigenvalue weighted by atomic mass is 16.5. The Hall–Kier alpha value is -3.28. The van der Waals surface area contributed by atoms with E-state index >= 15 is 0 Å². The minimum atomic E-state index is -0.557. The number of allylic oxidation sites excluding steroid dienone is 1. The molecule has 6 nitrogen and oxygen atoms in total. The molecule has 0 fully saturated rings. The van der Waals surface area contributed by atoms with Crippen LogP contribution in [0.15, 0.2) is 48.5 Å². The number of carbonyl (C=O) groups excluding carboxylic acids is 2. The van der Waals surface area contributed by atoms with Crippen molar-refractivity contribution in [3.8, 4) is 11.5 Å². The third-order valence-corrected chi connectivity index (χ3v) is 3.34. The molecule has 25 heavy (non-hydrogen) atoms. The minimum Gasteiger partial charge on any atom is -0.493 e. The predicted octanol–water partition coefficient (Wildman–Crippen LogP) is 2.84. The Morgan fingerprint density at radius 3 is 2.64 bits per heavy atom. The topological polar surface area (TPSA) is 90.6 Å². The maximum atomic E-state index is 12.0. The summed E-state index contributed by atoms with van der Waals surface area (Å²) in [6, 6.07) is 11.8. The molecule has 2 rings (SSSR count). The maximum absolute atomic E-state index is 12.0. The molecule has 0 bridgehead atoms. The van der Waals surface area contributed by atoms with E-state index in [2.05, 4.69) is 5.32 Å². The van der Waals surface area contributed by atoms with Gasteiger partial charge in [0.05, 0.1) is 7.11 Å². The second kappa shape index (κ2) is 8.54. The van der Waals surface area contributed by atoms with Crippen molar-refractivity contribution >= 4 is 23.6 Å². The average molecular weight is 340 g/mol. The molecule has 3 N–H and O–H groups in total. The number of rotatable bonds is 7. The lowest BCUT2D eigenvalue weighted by molar-refractivity contribution is -0.118. The summed E-state index contributed by atoms with van der Waals surface area (Å²) in [6.45, 7) is 1.73. The molecule has 0 aromatic heterocycles. The number of hydrogen-bond donors (Lipinski definition) is 2. The number of methoxy groups -OCH3 is 1. The fraction of sp³-hybridized carbons (Fsp3) is 0.158. The highest BCUT2D eigenvalue weighted by molar-refractivity contribution is 5.96. The van der Waals surface area contributed by atoms with Gasteiger partial charge in [0, 0.05) is 11.3 Å². The van der Waals surface area contributed by atoms with Gasteiger partial charge in [-0.05, 0) is 42.8 Å². The molecule has 130 valence electrons. The van der Waals surface area contributed by atoms with Crippen LogP contribution in [0.3, 0.4) is 0 Å². The first-order chi connectivity index (χ1) is 12.0. The van der Waals surface area contributed by atoms with Crippen molar-refractivity contribution in [3.63, 3.8) is 0 Å². The second-order valence-corrected chi connectivity index (χ2v) is 5.19. The van der Waals surface area contributed by atoms with Gasteiger partial charge in [-0.2, -0.15) is 0 Å². The summed E-state index contributed by atoms with van der Waals surface area (Å²) in [5, 5.41) is 2.65. The molecule has 0 saturated heterocycles. The number of nitrogens with two attached hydrogens (primary N) is 1. The Kier molecular flexibility index (Phi) is 6.17. The number of amides is 2. The summed E-state index contributed by atoms with van der Waals surface area (Å²) in [5.41, 5.74) is 6.98. The highest BCUT2D eigenvalue weighted by Crippen LogP contribution is 2.28. The third-order valence-electron chi connectivity index (χ3n) is 3.34. The van der Waals surface area contributed by atoms with Gasteiger partial charge >= 0.3 is 0 Å². The Morgan fingerprint density at radius 2 is 1.96 bits per heavy atom. The number of anilines is 1. The van der Waals surface area contributed by atoms with Crippen molar-refractivity contribution in [2.24, 2.45) is 5.73 Å².